The Bertz CT molecular complexity index is 1210. The molecule has 174 valence electrons. The van der Waals surface area contributed by atoms with Crippen LogP contribution in [0.3, 0.4) is 0 Å². The van der Waals surface area contributed by atoms with E-state index in [4.69, 9.17) is 16.3 Å². The summed E-state index contributed by atoms with van der Waals surface area (Å²) < 4.78 is 33.3. The molecule has 1 N–H and O–H groups in total. The molecule has 0 radical (unpaired) electrons. The monoisotopic (exact) mass is 489 g/mol. The first-order valence-corrected chi connectivity index (χ1v) is 12.4. The lowest BCUT2D eigenvalue weighted by molar-refractivity contribution is -0.127. The molecule has 33 heavy (non-hydrogen) atoms. The summed E-state index contributed by atoms with van der Waals surface area (Å²) in [5.74, 6) is -0.0521. The van der Waals surface area contributed by atoms with E-state index in [9.17, 15) is 18.0 Å². The molecule has 2 aliphatic heterocycles. The molecule has 0 unspecified atom stereocenters. The third-order valence-corrected chi connectivity index (χ3v) is 7.88. The van der Waals surface area contributed by atoms with Gasteiger partial charge in [0, 0.05) is 37.3 Å². The molecule has 2 amide bonds. The second kappa shape index (κ2) is 9.54. The molecule has 8 nitrogen and oxygen atoms in total. The summed E-state index contributed by atoms with van der Waals surface area (Å²) in [7, 11) is -3.79. The lowest BCUT2D eigenvalue weighted by Gasteiger charge is -2.33. The molecular weight excluding hydrogens is 466 g/mol. The number of nitrogens with zero attached hydrogens (tertiary/aromatic N) is 2. The Balaban J connectivity index is 1.41. The first-order valence-electron chi connectivity index (χ1n) is 10.6. The maximum atomic E-state index is 13.1. The van der Waals surface area contributed by atoms with Gasteiger partial charge in [-0.3, -0.25) is 9.59 Å². The largest absolute Gasteiger partial charge is 0.478 e. The number of sulfonamides is 1. The molecule has 0 aliphatic carbocycles. The van der Waals surface area contributed by atoms with E-state index in [2.05, 4.69) is 5.32 Å². The van der Waals surface area contributed by atoms with Gasteiger partial charge in [0.2, 0.25) is 15.9 Å². The fraction of sp³-hybridized carbons (Fsp3) is 0.304. The number of halogens is 1. The quantitative estimate of drug-likeness (QED) is 0.651. The third-order valence-electron chi connectivity index (χ3n) is 5.64. The molecule has 1 atom stereocenters. The molecule has 2 aliphatic rings. The summed E-state index contributed by atoms with van der Waals surface area (Å²) >= 11 is 6.11. The first kappa shape index (κ1) is 23.3. The maximum absolute atomic E-state index is 13.1. The van der Waals surface area contributed by atoms with Gasteiger partial charge in [-0.15, -0.1) is 0 Å². The Kier molecular flexibility index (Phi) is 6.73. The molecule has 1 saturated heterocycles. The van der Waals surface area contributed by atoms with E-state index < -0.39 is 16.1 Å². The van der Waals surface area contributed by atoms with Crippen molar-refractivity contribution in [3.63, 3.8) is 0 Å². The summed E-state index contributed by atoms with van der Waals surface area (Å²) in [6.45, 7) is 2.73. The van der Waals surface area contributed by atoms with Crippen molar-refractivity contribution in [1.29, 1.82) is 0 Å². The van der Waals surface area contributed by atoms with E-state index in [0.717, 1.165) is 5.56 Å². The molecule has 0 aromatic heterocycles. The topological polar surface area (TPSA) is 96.0 Å². The highest BCUT2D eigenvalue weighted by Gasteiger charge is 2.32. The number of anilines is 1. The zero-order valence-corrected chi connectivity index (χ0v) is 19.6. The smallest absolute Gasteiger partial charge is 0.265 e. The Morgan fingerprint density at radius 3 is 2.61 bits per heavy atom. The lowest BCUT2D eigenvalue weighted by Crippen LogP contribution is -2.50. The van der Waals surface area contributed by atoms with E-state index in [1.54, 1.807) is 23.1 Å². The number of fused-ring (bicyclic) bond motifs is 1. The average Bonchev–Trinajstić information content (AvgIpc) is 2.82. The van der Waals surface area contributed by atoms with Crippen LogP contribution in [0.25, 0.3) is 6.08 Å². The third kappa shape index (κ3) is 4.90. The minimum atomic E-state index is -3.79. The molecule has 2 heterocycles. The molecule has 4 rings (SSSR count). The van der Waals surface area contributed by atoms with Crippen LogP contribution in [-0.2, 0) is 19.6 Å². The van der Waals surface area contributed by atoms with E-state index >= 15 is 0 Å². The van der Waals surface area contributed by atoms with Gasteiger partial charge in [0.25, 0.3) is 5.91 Å². The van der Waals surface area contributed by atoms with Crippen molar-refractivity contribution in [3.05, 3.63) is 59.1 Å². The molecular formula is C23H24ClN3O5S. The summed E-state index contributed by atoms with van der Waals surface area (Å²) in [6.07, 6.45) is 3.03. The number of carbonyl (C=O) groups is 2. The van der Waals surface area contributed by atoms with Crippen molar-refractivity contribution in [2.45, 2.75) is 24.3 Å². The van der Waals surface area contributed by atoms with Crippen molar-refractivity contribution in [3.8, 4) is 5.75 Å². The van der Waals surface area contributed by atoms with Crippen molar-refractivity contribution < 1.29 is 22.7 Å². The Morgan fingerprint density at radius 2 is 1.91 bits per heavy atom. The van der Waals surface area contributed by atoms with Gasteiger partial charge in [-0.05, 0) is 42.3 Å². The normalized spacial score (nSPS) is 19.2. The Morgan fingerprint density at radius 1 is 1.18 bits per heavy atom. The SMILES string of the molecule is CC[C@H]1Oc2ccc(S(=O)(=O)N3CCN(C(=O)/C=C/c4ccccc4Cl)CC3)cc2NC1=O. The van der Waals surface area contributed by atoms with Crippen LogP contribution < -0.4 is 10.1 Å². The predicted molar refractivity (Wildman–Crippen MR) is 126 cm³/mol. The van der Waals surface area contributed by atoms with Gasteiger partial charge >= 0.3 is 0 Å². The van der Waals surface area contributed by atoms with E-state index in [0.29, 0.717) is 22.9 Å². The number of benzene rings is 2. The first-order chi connectivity index (χ1) is 15.8. The van der Waals surface area contributed by atoms with Gasteiger partial charge < -0.3 is 15.0 Å². The average molecular weight is 490 g/mol. The zero-order chi connectivity index (χ0) is 23.6. The van der Waals surface area contributed by atoms with Gasteiger partial charge in [-0.25, -0.2) is 8.42 Å². The molecule has 1 fully saturated rings. The minimum Gasteiger partial charge on any atom is -0.478 e. The highest BCUT2D eigenvalue weighted by Crippen LogP contribution is 2.33. The van der Waals surface area contributed by atoms with Gasteiger partial charge in [-0.1, -0.05) is 36.7 Å². The van der Waals surface area contributed by atoms with Gasteiger partial charge in [0.1, 0.15) is 5.75 Å². The lowest BCUT2D eigenvalue weighted by atomic mass is 10.2. The van der Waals surface area contributed by atoms with Crippen molar-refractivity contribution in [2.24, 2.45) is 0 Å². The summed E-state index contributed by atoms with van der Waals surface area (Å²) in [6, 6.07) is 11.7. The molecule has 0 saturated carbocycles. The van der Waals surface area contributed by atoms with Crippen LogP contribution in [0, 0.1) is 0 Å². The van der Waals surface area contributed by atoms with Crippen LogP contribution in [0.2, 0.25) is 5.02 Å². The fourth-order valence-electron chi connectivity index (χ4n) is 3.73. The second-order valence-electron chi connectivity index (χ2n) is 7.75. The number of hydrogen-bond acceptors (Lipinski definition) is 5. The predicted octanol–water partition coefficient (Wildman–Crippen LogP) is 3.00. The number of rotatable bonds is 5. The van der Waals surface area contributed by atoms with E-state index in [1.165, 1.54) is 22.5 Å². The van der Waals surface area contributed by atoms with E-state index in [-0.39, 0.29) is 42.9 Å². The molecule has 2 aromatic rings. The van der Waals surface area contributed by atoms with Crippen molar-refractivity contribution in [1.82, 2.24) is 9.21 Å². The number of carbonyl (C=O) groups excluding carboxylic acids is 2. The number of amides is 2. The second-order valence-corrected chi connectivity index (χ2v) is 10.1. The van der Waals surface area contributed by atoms with Crippen LogP contribution in [-0.4, -0.2) is 61.7 Å². The zero-order valence-electron chi connectivity index (χ0n) is 18.0. The van der Waals surface area contributed by atoms with Gasteiger partial charge in [0.05, 0.1) is 10.6 Å². The highest BCUT2D eigenvalue weighted by atomic mass is 35.5. The summed E-state index contributed by atoms with van der Waals surface area (Å²) in [5, 5.41) is 3.26. The molecule has 10 heteroatoms. The summed E-state index contributed by atoms with van der Waals surface area (Å²) in [4.78, 5) is 26.3. The standard InChI is InChI=1S/C23H24ClN3O5S/c1-2-20-23(29)25-19-15-17(8-9-21(19)32-20)33(30,31)27-13-11-26(12-14-27)22(28)10-7-16-5-3-4-6-18(16)24/h3-10,15,20H,2,11-14H2,1H3,(H,25,29)/b10-7+/t20-/m1/s1. The minimum absolute atomic E-state index is 0.0680. The Hall–Kier alpha value is -2.88. The number of nitrogens with one attached hydrogen (secondary N) is 1. The fourth-order valence-corrected chi connectivity index (χ4v) is 5.38. The molecule has 2 aromatic carbocycles. The number of piperazine rings is 1. The van der Waals surface area contributed by atoms with E-state index in [1.807, 2.05) is 25.1 Å². The molecule has 0 bridgehead atoms. The highest BCUT2D eigenvalue weighted by molar-refractivity contribution is 7.89. The maximum Gasteiger partial charge on any atom is 0.265 e. The summed E-state index contributed by atoms with van der Waals surface area (Å²) in [5.41, 5.74) is 1.08. The van der Waals surface area contributed by atoms with Crippen LogP contribution in [0.5, 0.6) is 5.75 Å². The van der Waals surface area contributed by atoms with Crippen LogP contribution in [0.4, 0.5) is 5.69 Å². The number of ether oxygens (including phenoxy) is 1. The van der Waals surface area contributed by atoms with Gasteiger partial charge in [0.15, 0.2) is 6.10 Å². The van der Waals surface area contributed by atoms with Crippen LogP contribution in [0.15, 0.2) is 53.4 Å². The Labute approximate surface area is 197 Å². The van der Waals surface area contributed by atoms with Gasteiger partial charge in [-0.2, -0.15) is 4.31 Å². The number of hydrogen-bond donors (Lipinski definition) is 1. The van der Waals surface area contributed by atoms with Crippen molar-refractivity contribution in [2.75, 3.05) is 31.5 Å². The van der Waals surface area contributed by atoms with Crippen LogP contribution >= 0.6 is 11.6 Å². The van der Waals surface area contributed by atoms with Crippen LogP contribution in [0.1, 0.15) is 18.9 Å². The molecule has 0 spiro atoms. The van der Waals surface area contributed by atoms with Crippen molar-refractivity contribution >= 4 is 45.2 Å².